The van der Waals surface area contributed by atoms with Gasteiger partial charge in [-0.1, -0.05) is 97.1 Å². The van der Waals surface area contributed by atoms with E-state index in [0.717, 1.165) is 16.7 Å². The van der Waals surface area contributed by atoms with E-state index in [4.69, 9.17) is 18.9 Å². The van der Waals surface area contributed by atoms with E-state index in [0.29, 0.717) is 26.4 Å². The highest BCUT2D eigenvalue weighted by molar-refractivity contribution is 5.70. The second-order valence-corrected chi connectivity index (χ2v) is 10.1. The van der Waals surface area contributed by atoms with Crippen molar-refractivity contribution < 1.29 is 28.8 Å². The summed E-state index contributed by atoms with van der Waals surface area (Å²) >= 11 is 0. The van der Waals surface area contributed by atoms with Gasteiger partial charge in [0.05, 0.1) is 45.5 Å². The minimum atomic E-state index is -0.583. The summed E-state index contributed by atoms with van der Waals surface area (Å²) in [6.07, 6.45) is 0.151. The first-order valence-electron chi connectivity index (χ1n) is 14.2. The highest BCUT2D eigenvalue weighted by Crippen LogP contribution is 2.34. The fraction of sp³-hybridized carbons (Fsp3) is 0.382. The number of benzene rings is 3. The Bertz CT molecular complexity index is 1180. The SMILES string of the molecule is C=CCN1[C@H](CC(=O)OCC)[C@H](OCc2ccccc2)[C@@H](OCc2ccccc2)[C@H](OCc2ccccc2)[C@H]1CO. The third-order valence-corrected chi connectivity index (χ3v) is 7.32. The Kier molecular flexibility index (Phi) is 12.1. The molecule has 1 N–H and O–H groups in total. The van der Waals surface area contributed by atoms with Gasteiger partial charge < -0.3 is 24.1 Å². The van der Waals surface area contributed by atoms with Crippen LogP contribution in [-0.2, 0) is 43.6 Å². The summed E-state index contributed by atoms with van der Waals surface area (Å²) in [7, 11) is 0. The molecule has 5 atom stereocenters. The third-order valence-electron chi connectivity index (χ3n) is 7.32. The lowest BCUT2D eigenvalue weighted by molar-refractivity contribution is -0.227. The maximum atomic E-state index is 12.9. The second-order valence-electron chi connectivity index (χ2n) is 10.1. The van der Waals surface area contributed by atoms with Crippen LogP contribution in [0.5, 0.6) is 0 Å². The lowest BCUT2D eigenvalue weighted by atomic mass is 9.85. The van der Waals surface area contributed by atoms with Crippen molar-refractivity contribution in [3.8, 4) is 0 Å². The normalized spacial score (nSPS) is 22.7. The van der Waals surface area contributed by atoms with Crippen LogP contribution in [-0.4, -0.2) is 66.1 Å². The van der Waals surface area contributed by atoms with E-state index in [9.17, 15) is 9.90 Å². The number of ether oxygens (including phenoxy) is 4. The number of carbonyl (C=O) groups is 1. The van der Waals surface area contributed by atoms with E-state index in [2.05, 4.69) is 11.5 Å². The van der Waals surface area contributed by atoms with Crippen molar-refractivity contribution in [2.24, 2.45) is 0 Å². The predicted molar refractivity (Wildman–Crippen MR) is 158 cm³/mol. The molecule has 0 aliphatic carbocycles. The topological polar surface area (TPSA) is 77.5 Å². The fourth-order valence-corrected chi connectivity index (χ4v) is 5.40. The van der Waals surface area contributed by atoms with Gasteiger partial charge in [0.1, 0.15) is 18.3 Å². The van der Waals surface area contributed by atoms with Gasteiger partial charge in [-0.15, -0.1) is 6.58 Å². The zero-order valence-electron chi connectivity index (χ0n) is 23.7. The van der Waals surface area contributed by atoms with Crippen molar-refractivity contribution in [3.63, 3.8) is 0 Å². The zero-order valence-corrected chi connectivity index (χ0v) is 23.7. The van der Waals surface area contributed by atoms with Crippen molar-refractivity contribution in [2.75, 3.05) is 19.8 Å². The van der Waals surface area contributed by atoms with Crippen molar-refractivity contribution in [1.82, 2.24) is 4.90 Å². The molecule has 1 heterocycles. The standard InChI is InChI=1S/C34H41NO6/c1-3-20-35-29(21-31(37)38-4-2)32(39-23-26-14-8-5-9-15-26)34(41-25-28-18-12-7-13-19-28)33(30(35)22-36)40-24-27-16-10-6-11-17-27/h3,5-19,29-30,32-34,36H,1,4,20-25H2,2H3/t29-,30-,32+,33-,34-/m1/s1. The summed E-state index contributed by atoms with van der Waals surface area (Å²) in [4.78, 5) is 14.9. The molecule has 7 nitrogen and oxygen atoms in total. The van der Waals surface area contributed by atoms with Gasteiger partial charge in [0, 0.05) is 12.6 Å². The summed E-state index contributed by atoms with van der Waals surface area (Å²) in [5.41, 5.74) is 3.02. The number of aliphatic hydroxyl groups is 1. The monoisotopic (exact) mass is 559 g/mol. The number of hydrogen-bond donors (Lipinski definition) is 1. The van der Waals surface area contributed by atoms with Gasteiger partial charge in [-0.3, -0.25) is 9.69 Å². The highest BCUT2D eigenvalue weighted by Gasteiger charge is 2.51. The van der Waals surface area contributed by atoms with Gasteiger partial charge in [-0.05, 0) is 23.6 Å². The van der Waals surface area contributed by atoms with Crippen molar-refractivity contribution in [1.29, 1.82) is 0 Å². The van der Waals surface area contributed by atoms with Crippen molar-refractivity contribution in [2.45, 2.75) is 63.6 Å². The maximum Gasteiger partial charge on any atom is 0.307 e. The Hall–Kier alpha value is -3.33. The number of likely N-dealkylation sites (tertiary alicyclic amines) is 1. The van der Waals surface area contributed by atoms with Crippen molar-refractivity contribution in [3.05, 3.63) is 120 Å². The average Bonchev–Trinajstić information content (AvgIpc) is 3.01. The molecule has 4 rings (SSSR count). The molecule has 218 valence electrons. The van der Waals surface area contributed by atoms with Crippen molar-refractivity contribution >= 4 is 5.97 Å². The molecule has 0 aromatic heterocycles. The number of nitrogens with zero attached hydrogens (tertiary/aromatic N) is 1. The van der Waals surface area contributed by atoms with E-state index in [1.54, 1.807) is 13.0 Å². The fourth-order valence-electron chi connectivity index (χ4n) is 5.40. The number of rotatable bonds is 15. The first-order chi connectivity index (χ1) is 20.1. The Morgan fingerprint density at radius 3 is 1.61 bits per heavy atom. The Morgan fingerprint density at radius 1 is 0.756 bits per heavy atom. The average molecular weight is 560 g/mol. The smallest absolute Gasteiger partial charge is 0.307 e. The Labute approximate surface area is 243 Å². The predicted octanol–water partition coefficient (Wildman–Crippen LogP) is 4.93. The van der Waals surface area contributed by atoms with Crippen LogP contribution in [0.1, 0.15) is 30.0 Å². The quantitative estimate of drug-likeness (QED) is 0.209. The minimum Gasteiger partial charge on any atom is -0.466 e. The van der Waals surface area contributed by atoms with Gasteiger partial charge in [-0.2, -0.15) is 0 Å². The molecule has 0 amide bonds. The zero-order chi connectivity index (χ0) is 28.9. The van der Waals surface area contributed by atoms with Crippen LogP contribution in [0.4, 0.5) is 0 Å². The molecule has 0 spiro atoms. The molecule has 7 heteroatoms. The van der Waals surface area contributed by atoms with Crippen LogP contribution in [0, 0.1) is 0 Å². The van der Waals surface area contributed by atoms with E-state index in [-0.39, 0.29) is 25.6 Å². The molecule has 3 aromatic carbocycles. The largest absolute Gasteiger partial charge is 0.466 e. The highest BCUT2D eigenvalue weighted by atomic mass is 16.6. The second kappa shape index (κ2) is 16.2. The number of carbonyl (C=O) groups excluding carboxylic acids is 1. The molecule has 1 fully saturated rings. The first-order valence-corrected chi connectivity index (χ1v) is 14.2. The minimum absolute atomic E-state index is 0.0776. The summed E-state index contributed by atoms with van der Waals surface area (Å²) in [5, 5.41) is 10.7. The first kappa shape index (κ1) is 30.6. The van der Waals surface area contributed by atoms with Gasteiger partial charge in [0.2, 0.25) is 0 Å². The van der Waals surface area contributed by atoms with Gasteiger partial charge in [0.15, 0.2) is 0 Å². The van der Waals surface area contributed by atoms with Gasteiger partial charge in [-0.25, -0.2) is 0 Å². The van der Waals surface area contributed by atoms with E-state index >= 15 is 0 Å². The molecular formula is C34H41NO6. The van der Waals surface area contributed by atoms with E-state index < -0.39 is 30.4 Å². The summed E-state index contributed by atoms with van der Waals surface area (Å²) in [5.74, 6) is -0.331. The summed E-state index contributed by atoms with van der Waals surface area (Å²) < 4.78 is 25.2. The van der Waals surface area contributed by atoms with Crippen LogP contribution < -0.4 is 0 Å². The van der Waals surface area contributed by atoms with Gasteiger partial charge in [0.25, 0.3) is 0 Å². The molecule has 1 aliphatic heterocycles. The number of esters is 1. The van der Waals surface area contributed by atoms with E-state index in [1.807, 2.05) is 91.0 Å². The van der Waals surface area contributed by atoms with Crippen LogP contribution >= 0.6 is 0 Å². The maximum absolute atomic E-state index is 12.9. The third kappa shape index (κ3) is 8.58. The number of piperidine rings is 1. The number of hydrogen-bond acceptors (Lipinski definition) is 7. The molecule has 3 aromatic rings. The molecule has 0 radical (unpaired) electrons. The molecular weight excluding hydrogens is 518 g/mol. The molecule has 1 saturated heterocycles. The molecule has 0 saturated carbocycles. The summed E-state index contributed by atoms with van der Waals surface area (Å²) in [6, 6.07) is 28.8. The molecule has 0 bridgehead atoms. The van der Waals surface area contributed by atoms with Crippen LogP contribution in [0.25, 0.3) is 0 Å². The van der Waals surface area contributed by atoms with Crippen LogP contribution in [0.3, 0.4) is 0 Å². The Morgan fingerprint density at radius 2 is 1.20 bits per heavy atom. The van der Waals surface area contributed by atoms with Gasteiger partial charge >= 0.3 is 5.97 Å². The lowest BCUT2D eigenvalue weighted by Crippen LogP contribution is -2.69. The number of aliphatic hydroxyl groups excluding tert-OH is 1. The van der Waals surface area contributed by atoms with E-state index in [1.165, 1.54) is 0 Å². The van der Waals surface area contributed by atoms with Crippen LogP contribution in [0.2, 0.25) is 0 Å². The molecule has 1 aliphatic rings. The Balaban J connectivity index is 1.71. The lowest BCUT2D eigenvalue weighted by Gasteiger charge is -2.52. The van der Waals surface area contributed by atoms with Crippen LogP contribution in [0.15, 0.2) is 104 Å². The molecule has 41 heavy (non-hydrogen) atoms. The molecule has 0 unspecified atom stereocenters. The summed E-state index contributed by atoms with van der Waals surface area (Å²) in [6.45, 7) is 7.25.